The van der Waals surface area contributed by atoms with Gasteiger partial charge < -0.3 is 15.4 Å². The Hall–Kier alpha value is -2.77. The summed E-state index contributed by atoms with van der Waals surface area (Å²) in [5, 5.41) is 10.8. The number of rotatable bonds is 7. The van der Waals surface area contributed by atoms with Crippen molar-refractivity contribution < 1.29 is 9.53 Å². The Morgan fingerprint density at radius 1 is 1.25 bits per heavy atom. The summed E-state index contributed by atoms with van der Waals surface area (Å²) in [6, 6.07) is 10.6. The average molecular weight is 420 g/mol. The fourth-order valence-electron chi connectivity index (χ4n) is 2.47. The zero-order chi connectivity index (χ0) is 20.1. The molecule has 146 valence electrons. The van der Waals surface area contributed by atoms with Crippen molar-refractivity contribution >= 4 is 40.6 Å². The van der Waals surface area contributed by atoms with E-state index in [1.165, 1.54) is 6.20 Å². The Balaban J connectivity index is 1.66. The molecule has 2 heterocycles. The minimum Gasteiger partial charge on any atom is -0.435 e. The van der Waals surface area contributed by atoms with E-state index in [0.717, 1.165) is 0 Å². The highest BCUT2D eigenvalue weighted by molar-refractivity contribution is 6.35. The molecule has 1 aromatic carbocycles. The molecule has 0 saturated heterocycles. The first kappa shape index (κ1) is 20.0. The van der Waals surface area contributed by atoms with Gasteiger partial charge in [-0.2, -0.15) is 5.10 Å². The van der Waals surface area contributed by atoms with Gasteiger partial charge in [-0.15, -0.1) is 0 Å². The number of hydrogen-bond acceptors (Lipinski definition) is 5. The van der Waals surface area contributed by atoms with Gasteiger partial charge in [-0.25, -0.2) is 9.67 Å². The van der Waals surface area contributed by atoms with Crippen molar-refractivity contribution in [2.24, 2.45) is 0 Å². The molecule has 0 bridgehead atoms. The number of amides is 1. The molecule has 2 N–H and O–H groups in total. The molecule has 3 rings (SSSR count). The zero-order valence-corrected chi connectivity index (χ0v) is 16.8. The lowest BCUT2D eigenvalue weighted by atomic mass is 10.3. The summed E-state index contributed by atoms with van der Waals surface area (Å²) in [6.45, 7) is 4.03. The number of pyridine rings is 1. The molecule has 0 aliphatic rings. The van der Waals surface area contributed by atoms with Gasteiger partial charge in [0.25, 0.3) is 0 Å². The molecule has 9 heteroatoms. The number of ether oxygens (including phenoxy) is 1. The van der Waals surface area contributed by atoms with Crippen LogP contribution in [0, 0.1) is 0 Å². The summed E-state index contributed by atoms with van der Waals surface area (Å²) in [7, 11) is 0. The number of anilines is 2. The van der Waals surface area contributed by atoms with Gasteiger partial charge in [-0.1, -0.05) is 35.3 Å². The molecule has 1 amide bonds. The van der Waals surface area contributed by atoms with Crippen LogP contribution in [-0.4, -0.2) is 27.2 Å². The van der Waals surface area contributed by atoms with Crippen molar-refractivity contribution in [1.29, 1.82) is 0 Å². The number of benzene rings is 1. The standard InChI is InChI=1S/C19H19Cl2N5O2/c1-12(2)26-17(7-8-24-26)25-18(27)11-22-15-5-3-4-6-16(15)28-19-14(21)9-13(20)10-23-19/h3-10,12,22H,11H2,1-2H3,(H,25,27). The maximum Gasteiger partial charge on any atom is 0.244 e. The van der Waals surface area contributed by atoms with Crippen LogP contribution in [0.2, 0.25) is 10.0 Å². The Bertz CT molecular complexity index is 974. The zero-order valence-electron chi connectivity index (χ0n) is 15.3. The van der Waals surface area contributed by atoms with Crippen molar-refractivity contribution in [3.8, 4) is 11.6 Å². The number of aromatic nitrogens is 3. The lowest BCUT2D eigenvalue weighted by molar-refractivity contribution is -0.114. The van der Waals surface area contributed by atoms with E-state index in [1.807, 2.05) is 26.0 Å². The summed E-state index contributed by atoms with van der Waals surface area (Å²) in [5.74, 6) is 1.15. The minimum atomic E-state index is -0.208. The van der Waals surface area contributed by atoms with E-state index in [-0.39, 0.29) is 24.4 Å². The van der Waals surface area contributed by atoms with Crippen molar-refractivity contribution in [1.82, 2.24) is 14.8 Å². The fourth-order valence-corrected chi connectivity index (χ4v) is 2.89. The molecular weight excluding hydrogens is 401 g/mol. The number of carbonyl (C=O) groups excluding carboxylic acids is 1. The van der Waals surface area contributed by atoms with Crippen LogP contribution in [-0.2, 0) is 4.79 Å². The molecule has 2 aromatic heterocycles. The number of para-hydroxylation sites is 2. The van der Waals surface area contributed by atoms with Crippen LogP contribution in [0.3, 0.4) is 0 Å². The monoisotopic (exact) mass is 419 g/mol. The van der Waals surface area contributed by atoms with Gasteiger partial charge in [0.1, 0.15) is 10.8 Å². The second kappa shape index (κ2) is 8.95. The Labute approximate surface area is 172 Å². The summed E-state index contributed by atoms with van der Waals surface area (Å²) in [4.78, 5) is 16.4. The highest BCUT2D eigenvalue weighted by Gasteiger charge is 2.12. The van der Waals surface area contributed by atoms with E-state index in [1.54, 1.807) is 35.1 Å². The molecule has 0 unspecified atom stereocenters. The smallest absolute Gasteiger partial charge is 0.244 e. The van der Waals surface area contributed by atoms with Crippen LogP contribution in [0.15, 0.2) is 48.8 Å². The summed E-state index contributed by atoms with van der Waals surface area (Å²) in [6.07, 6.45) is 3.10. The molecule has 3 aromatic rings. The first-order chi connectivity index (χ1) is 13.4. The molecule has 0 aliphatic heterocycles. The SMILES string of the molecule is CC(C)n1nccc1NC(=O)CNc1ccccc1Oc1ncc(Cl)cc1Cl. The Kier molecular flexibility index (Phi) is 6.38. The molecule has 0 radical (unpaired) electrons. The van der Waals surface area contributed by atoms with Gasteiger partial charge in [0, 0.05) is 18.3 Å². The third-order valence-corrected chi connectivity index (χ3v) is 4.21. The van der Waals surface area contributed by atoms with E-state index in [4.69, 9.17) is 27.9 Å². The maximum atomic E-state index is 12.3. The highest BCUT2D eigenvalue weighted by atomic mass is 35.5. The van der Waals surface area contributed by atoms with Gasteiger partial charge in [-0.05, 0) is 32.0 Å². The Morgan fingerprint density at radius 2 is 2.04 bits per heavy atom. The molecule has 7 nitrogen and oxygen atoms in total. The van der Waals surface area contributed by atoms with E-state index < -0.39 is 0 Å². The normalized spacial score (nSPS) is 10.8. The van der Waals surface area contributed by atoms with Gasteiger partial charge in [0.15, 0.2) is 5.75 Å². The first-order valence-electron chi connectivity index (χ1n) is 8.59. The number of carbonyl (C=O) groups is 1. The summed E-state index contributed by atoms with van der Waals surface area (Å²) >= 11 is 12.0. The average Bonchev–Trinajstić information content (AvgIpc) is 3.11. The van der Waals surface area contributed by atoms with Gasteiger partial charge in [0.05, 0.1) is 23.5 Å². The largest absolute Gasteiger partial charge is 0.435 e. The second-order valence-electron chi connectivity index (χ2n) is 6.20. The summed E-state index contributed by atoms with van der Waals surface area (Å²) in [5.41, 5.74) is 0.628. The predicted octanol–water partition coefficient (Wildman–Crippen LogP) is 5.01. The van der Waals surface area contributed by atoms with Crippen molar-refractivity contribution in [2.75, 3.05) is 17.2 Å². The van der Waals surface area contributed by atoms with Crippen LogP contribution >= 0.6 is 23.2 Å². The van der Waals surface area contributed by atoms with Crippen molar-refractivity contribution in [3.63, 3.8) is 0 Å². The molecule has 0 fully saturated rings. The molecule has 0 aliphatic carbocycles. The van der Waals surface area contributed by atoms with Gasteiger partial charge in [0.2, 0.25) is 11.8 Å². The van der Waals surface area contributed by atoms with Crippen molar-refractivity contribution in [3.05, 3.63) is 58.8 Å². The third kappa shape index (κ3) is 4.94. The lowest BCUT2D eigenvalue weighted by Gasteiger charge is -2.14. The molecule has 28 heavy (non-hydrogen) atoms. The Morgan fingerprint density at radius 3 is 2.79 bits per heavy atom. The van der Waals surface area contributed by atoms with Crippen molar-refractivity contribution in [2.45, 2.75) is 19.9 Å². The van der Waals surface area contributed by atoms with Crippen LogP contribution in [0.1, 0.15) is 19.9 Å². The lowest BCUT2D eigenvalue weighted by Crippen LogP contribution is -2.24. The minimum absolute atomic E-state index is 0.0471. The molecule has 0 spiro atoms. The van der Waals surface area contributed by atoms with Crippen LogP contribution in [0.4, 0.5) is 11.5 Å². The predicted molar refractivity (Wildman–Crippen MR) is 111 cm³/mol. The number of hydrogen-bond donors (Lipinski definition) is 2. The topological polar surface area (TPSA) is 81.1 Å². The van der Waals surface area contributed by atoms with Crippen LogP contribution in [0.5, 0.6) is 11.6 Å². The van der Waals surface area contributed by atoms with E-state index >= 15 is 0 Å². The van der Waals surface area contributed by atoms with E-state index in [9.17, 15) is 4.79 Å². The van der Waals surface area contributed by atoms with Gasteiger partial charge in [-0.3, -0.25) is 4.79 Å². The van der Waals surface area contributed by atoms with Gasteiger partial charge >= 0.3 is 0 Å². The molecule has 0 saturated carbocycles. The quantitative estimate of drug-likeness (QED) is 0.562. The van der Waals surface area contributed by atoms with E-state index in [0.29, 0.717) is 27.3 Å². The highest BCUT2D eigenvalue weighted by Crippen LogP contribution is 2.33. The molecular formula is C19H19Cl2N5O2. The third-order valence-electron chi connectivity index (χ3n) is 3.73. The first-order valence-corrected chi connectivity index (χ1v) is 9.35. The summed E-state index contributed by atoms with van der Waals surface area (Å²) < 4.78 is 7.51. The molecule has 0 atom stereocenters. The second-order valence-corrected chi connectivity index (χ2v) is 7.04. The number of nitrogens with one attached hydrogen (secondary N) is 2. The fraction of sp³-hybridized carbons (Fsp3) is 0.211. The van der Waals surface area contributed by atoms with E-state index in [2.05, 4.69) is 20.7 Å². The maximum absolute atomic E-state index is 12.3. The van der Waals surface area contributed by atoms with Crippen LogP contribution in [0.25, 0.3) is 0 Å². The van der Waals surface area contributed by atoms with Crippen LogP contribution < -0.4 is 15.4 Å². The number of halogens is 2. The number of nitrogens with zero attached hydrogens (tertiary/aromatic N) is 3.